The number of fused-ring (bicyclic) bond motifs is 1. The number of pyridine rings is 1. The Bertz CT molecular complexity index is 687. The second-order valence-corrected chi connectivity index (χ2v) is 4.10. The van der Waals surface area contributed by atoms with E-state index < -0.39 is 6.10 Å². The Morgan fingerprint density at radius 2 is 2.06 bits per heavy atom. The summed E-state index contributed by atoms with van der Waals surface area (Å²) in [5.41, 5.74) is 2.33. The van der Waals surface area contributed by atoms with Crippen LogP contribution in [0.1, 0.15) is 17.4 Å². The third-order valence-electron chi connectivity index (χ3n) is 3.01. The quantitative estimate of drug-likeness (QED) is 0.736. The van der Waals surface area contributed by atoms with E-state index >= 15 is 0 Å². The van der Waals surface area contributed by atoms with Crippen LogP contribution in [0.5, 0.6) is 0 Å². The summed E-state index contributed by atoms with van der Waals surface area (Å²) in [4.78, 5) is 4.28. The van der Waals surface area contributed by atoms with Gasteiger partial charge in [0, 0.05) is 18.6 Å². The molecule has 0 amide bonds. The molecular weight excluding hydrogens is 228 g/mol. The number of rotatable bonds is 2. The van der Waals surface area contributed by atoms with Crippen molar-refractivity contribution in [1.82, 2.24) is 20.0 Å². The number of aliphatic hydroxyl groups excluding tert-OH is 1. The zero-order chi connectivity index (χ0) is 12.5. The molecule has 2 aromatic heterocycles. The summed E-state index contributed by atoms with van der Waals surface area (Å²) in [5.74, 6) is 0. The average molecular weight is 240 g/mol. The molecule has 0 aliphatic carbocycles. The minimum absolute atomic E-state index is 0.659. The molecule has 90 valence electrons. The summed E-state index contributed by atoms with van der Waals surface area (Å²) < 4.78 is 1.57. The van der Waals surface area contributed by atoms with Crippen molar-refractivity contribution in [3.63, 3.8) is 0 Å². The van der Waals surface area contributed by atoms with Gasteiger partial charge < -0.3 is 5.11 Å². The number of aromatic nitrogens is 4. The van der Waals surface area contributed by atoms with Crippen LogP contribution in [0.4, 0.5) is 0 Å². The number of hydrogen-bond donors (Lipinski definition) is 1. The van der Waals surface area contributed by atoms with Crippen molar-refractivity contribution in [1.29, 1.82) is 0 Å². The van der Waals surface area contributed by atoms with Gasteiger partial charge in [-0.05, 0) is 17.7 Å². The van der Waals surface area contributed by atoms with Crippen molar-refractivity contribution >= 4 is 10.9 Å². The first-order valence-corrected chi connectivity index (χ1v) is 5.63. The molecule has 0 saturated heterocycles. The summed E-state index contributed by atoms with van der Waals surface area (Å²) in [5, 5.41) is 19.0. The largest absolute Gasteiger partial charge is 0.382 e. The number of aliphatic hydroxyl groups is 1. The van der Waals surface area contributed by atoms with E-state index in [0.717, 1.165) is 16.5 Å². The smallest absolute Gasteiger partial charge is 0.123 e. The van der Waals surface area contributed by atoms with Gasteiger partial charge in [0.2, 0.25) is 0 Å². The van der Waals surface area contributed by atoms with Crippen molar-refractivity contribution in [2.45, 2.75) is 6.10 Å². The number of hydrogen-bond acceptors (Lipinski definition) is 4. The van der Waals surface area contributed by atoms with E-state index in [4.69, 9.17) is 0 Å². The van der Waals surface area contributed by atoms with Crippen LogP contribution in [0.25, 0.3) is 10.9 Å². The Balaban J connectivity index is 2.18. The van der Waals surface area contributed by atoms with Crippen LogP contribution in [0.3, 0.4) is 0 Å². The lowest BCUT2D eigenvalue weighted by Crippen LogP contribution is -2.07. The summed E-state index contributed by atoms with van der Waals surface area (Å²) in [6.07, 6.45) is 2.52. The van der Waals surface area contributed by atoms with Crippen LogP contribution in [-0.2, 0) is 7.05 Å². The minimum Gasteiger partial charge on any atom is -0.382 e. The molecule has 0 fully saturated rings. The van der Waals surface area contributed by atoms with Gasteiger partial charge in [-0.2, -0.15) is 0 Å². The van der Waals surface area contributed by atoms with Crippen LogP contribution < -0.4 is 0 Å². The molecule has 18 heavy (non-hydrogen) atoms. The van der Waals surface area contributed by atoms with Gasteiger partial charge in [-0.1, -0.05) is 23.4 Å². The lowest BCUT2D eigenvalue weighted by atomic mass is 10.0. The Hall–Kier alpha value is -2.27. The standard InChI is InChI=1S/C13H12N4O/c1-17-12(8-15-16-17)13(18)10-6-7-14-11-5-3-2-4-9(10)11/h2-8,13,18H,1H3. The highest BCUT2D eigenvalue weighted by molar-refractivity contribution is 5.82. The summed E-state index contributed by atoms with van der Waals surface area (Å²) >= 11 is 0. The summed E-state index contributed by atoms with van der Waals surface area (Å²) in [7, 11) is 1.76. The molecule has 5 nitrogen and oxygen atoms in total. The van der Waals surface area contributed by atoms with Gasteiger partial charge >= 0.3 is 0 Å². The van der Waals surface area contributed by atoms with Crippen molar-refractivity contribution in [3.8, 4) is 0 Å². The summed E-state index contributed by atoms with van der Waals surface area (Å²) in [6.45, 7) is 0. The second kappa shape index (κ2) is 4.19. The molecule has 0 spiro atoms. The maximum absolute atomic E-state index is 10.4. The fraction of sp³-hybridized carbons (Fsp3) is 0.154. The normalized spacial score (nSPS) is 12.8. The van der Waals surface area contributed by atoms with Crippen LogP contribution in [0.15, 0.2) is 42.7 Å². The highest BCUT2D eigenvalue weighted by Gasteiger charge is 2.17. The molecule has 1 aromatic carbocycles. The van der Waals surface area contributed by atoms with Crippen molar-refractivity contribution in [2.24, 2.45) is 7.05 Å². The molecule has 1 N–H and O–H groups in total. The predicted molar refractivity (Wildman–Crippen MR) is 66.8 cm³/mol. The van der Waals surface area contributed by atoms with Gasteiger partial charge in [-0.25, -0.2) is 4.68 Å². The molecule has 0 saturated carbocycles. The molecule has 0 aliphatic rings. The monoisotopic (exact) mass is 240 g/mol. The van der Waals surface area contributed by atoms with E-state index in [1.807, 2.05) is 30.3 Å². The van der Waals surface area contributed by atoms with E-state index in [0.29, 0.717) is 5.69 Å². The lowest BCUT2D eigenvalue weighted by Gasteiger charge is -2.12. The number of para-hydroxylation sites is 1. The average Bonchev–Trinajstić information content (AvgIpc) is 2.83. The van der Waals surface area contributed by atoms with E-state index in [9.17, 15) is 5.11 Å². The third kappa shape index (κ3) is 1.65. The SMILES string of the molecule is Cn1nncc1C(O)c1ccnc2ccccc12. The second-order valence-electron chi connectivity index (χ2n) is 4.10. The topological polar surface area (TPSA) is 63.8 Å². The van der Waals surface area contributed by atoms with Gasteiger partial charge in [0.1, 0.15) is 6.10 Å². The Morgan fingerprint density at radius 3 is 2.83 bits per heavy atom. The van der Waals surface area contributed by atoms with Crippen LogP contribution >= 0.6 is 0 Å². The number of aryl methyl sites for hydroxylation is 1. The van der Waals surface area contributed by atoms with Gasteiger partial charge in [0.05, 0.1) is 17.4 Å². The van der Waals surface area contributed by atoms with Gasteiger partial charge in [-0.15, -0.1) is 5.10 Å². The summed E-state index contributed by atoms with van der Waals surface area (Å²) in [6, 6.07) is 9.55. The highest BCUT2D eigenvalue weighted by atomic mass is 16.3. The minimum atomic E-state index is -0.752. The first-order valence-electron chi connectivity index (χ1n) is 5.63. The lowest BCUT2D eigenvalue weighted by molar-refractivity contribution is 0.211. The molecule has 1 unspecified atom stereocenters. The van der Waals surface area contributed by atoms with Gasteiger partial charge in [0.25, 0.3) is 0 Å². The third-order valence-corrected chi connectivity index (χ3v) is 3.01. The Labute approximate surface area is 104 Å². The highest BCUT2D eigenvalue weighted by Crippen LogP contribution is 2.26. The fourth-order valence-electron chi connectivity index (χ4n) is 2.06. The van der Waals surface area contributed by atoms with E-state index in [-0.39, 0.29) is 0 Å². The number of benzene rings is 1. The van der Waals surface area contributed by atoms with E-state index in [1.165, 1.54) is 0 Å². The molecule has 3 rings (SSSR count). The maximum Gasteiger partial charge on any atom is 0.123 e. The molecule has 0 bridgehead atoms. The maximum atomic E-state index is 10.4. The molecule has 0 radical (unpaired) electrons. The molecule has 5 heteroatoms. The van der Waals surface area contributed by atoms with Gasteiger partial charge in [0.15, 0.2) is 0 Å². The molecule has 1 atom stereocenters. The van der Waals surface area contributed by atoms with Gasteiger partial charge in [-0.3, -0.25) is 4.98 Å². The zero-order valence-corrected chi connectivity index (χ0v) is 9.85. The van der Waals surface area contributed by atoms with Crippen molar-refractivity contribution < 1.29 is 5.11 Å². The van der Waals surface area contributed by atoms with Crippen LogP contribution in [-0.4, -0.2) is 25.1 Å². The van der Waals surface area contributed by atoms with E-state index in [1.54, 1.807) is 24.1 Å². The zero-order valence-electron chi connectivity index (χ0n) is 9.85. The predicted octanol–water partition coefficient (Wildman–Crippen LogP) is 1.44. The Morgan fingerprint density at radius 1 is 1.22 bits per heavy atom. The first kappa shape index (κ1) is 10.9. The molecule has 2 heterocycles. The van der Waals surface area contributed by atoms with Crippen molar-refractivity contribution in [2.75, 3.05) is 0 Å². The fourth-order valence-corrected chi connectivity index (χ4v) is 2.06. The first-order chi connectivity index (χ1) is 8.77. The van der Waals surface area contributed by atoms with Crippen LogP contribution in [0.2, 0.25) is 0 Å². The number of nitrogens with zero attached hydrogens (tertiary/aromatic N) is 4. The van der Waals surface area contributed by atoms with Crippen molar-refractivity contribution in [3.05, 3.63) is 54.0 Å². The molecule has 0 aliphatic heterocycles. The van der Waals surface area contributed by atoms with E-state index in [2.05, 4.69) is 15.3 Å². The molecular formula is C13H12N4O. The van der Waals surface area contributed by atoms with Crippen LogP contribution in [0, 0.1) is 0 Å². The molecule has 3 aromatic rings. The Kier molecular flexibility index (Phi) is 2.53.